The van der Waals surface area contributed by atoms with Gasteiger partial charge in [0.05, 0.1) is 11.3 Å². The number of rotatable bonds is 4. The molecule has 2 aromatic carbocycles. The highest BCUT2D eigenvalue weighted by Crippen LogP contribution is 2.46. The molecule has 3 rings (SSSR count). The van der Waals surface area contributed by atoms with E-state index in [1.54, 1.807) is 19.1 Å². The van der Waals surface area contributed by atoms with Crippen molar-refractivity contribution in [2.24, 2.45) is 0 Å². The lowest BCUT2D eigenvalue weighted by Crippen LogP contribution is -2.29. The van der Waals surface area contributed by atoms with Gasteiger partial charge in [0.25, 0.3) is 0 Å². The van der Waals surface area contributed by atoms with Crippen LogP contribution in [-0.2, 0) is 14.3 Å². The smallest absolute Gasteiger partial charge is 0.412 e. The van der Waals surface area contributed by atoms with Crippen molar-refractivity contribution in [3.8, 4) is 16.9 Å². The number of ether oxygens (including phenoxy) is 3. The second kappa shape index (κ2) is 9.67. The number of cyclic esters (lactones) is 1. The molecule has 7 nitrogen and oxygen atoms in total. The highest BCUT2D eigenvalue weighted by atomic mass is 16.5. The summed E-state index contributed by atoms with van der Waals surface area (Å²) in [4.78, 5) is 24.9. The summed E-state index contributed by atoms with van der Waals surface area (Å²) < 4.78 is 17.3. The Labute approximate surface area is 194 Å². The number of hydrogen-bond acceptors (Lipinski definition) is 5. The summed E-state index contributed by atoms with van der Waals surface area (Å²) >= 11 is 0. The lowest BCUT2D eigenvalue weighted by Gasteiger charge is -2.30. The summed E-state index contributed by atoms with van der Waals surface area (Å²) in [5.74, 6) is -0.651. The maximum atomic E-state index is 12.5. The van der Waals surface area contributed by atoms with Crippen LogP contribution < -0.4 is 10.1 Å². The number of fused-ring (bicyclic) bond motifs is 1. The Morgan fingerprint density at radius 1 is 1.03 bits per heavy atom. The van der Waals surface area contributed by atoms with Crippen LogP contribution in [0.4, 0.5) is 10.5 Å². The fraction of sp³-hybridized carbons (Fsp3) is 0.385. The van der Waals surface area contributed by atoms with E-state index in [9.17, 15) is 14.7 Å². The predicted octanol–water partition coefficient (Wildman–Crippen LogP) is 5.72. The van der Waals surface area contributed by atoms with E-state index in [1.807, 2.05) is 58.9 Å². The lowest BCUT2D eigenvalue weighted by atomic mass is 9.86. The number of amides is 1. The van der Waals surface area contributed by atoms with Crippen molar-refractivity contribution >= 4 is 17.7 Å². The van der Waals surface area contributed by atoms with E-state index in [-0.39, 0.29) is 13.2 Å². The quantitative estimate of drug-likeness (QED) is 0.575. The molecule has 176 valence electrons. The Kier molecular flexibility index (Phi) is 7.12. The molecule has 1 aliphatic heterocycles. The van der Waals surface area contributed by atoms with Crippen LogP contribution in [0.25, 0.3) is 11.1 Å². The van der Waals surface area contributed by atoms with Crippen molar-refractivity contribution in [2.45, 2.75) is 53.2 Å². The molecule has 2 N–H and O–H groups in total. The number of benzene rings is 2. The minimum absolute atomic E-state index is 0.113. The van der Waals surface area contributed by atoms with E-state index in [1.165, 1.54) is 0 Å². The second-order valence-electron chi connectivity index (χ2n) is 9.06. The molecular weight excluding hydrogens is 422 g/mol. The summed E-state index contributed by atoms with van der Waals surface area (Å²) in [5, 5.41) is 12.9. The van der Waals surface area contributed by atoms with Gasteiger partial charge in [-0.25, -0.2) is 9.59 Å². The van der Waals surface area contributed by atoms with Crippen LogP contribution in [0.2, 0.25) is 0 Å². The molecule has 0 spiro atoms. The van der Waals surface area contributed by atoms with Gasteiger partial charge in [0.1, 0.15) is 19.0 Å². The first-order chi connectivity index (χ1) is 15.5. The second-order valence-corrected chi connectivity index (χ2v) is 9.06. The summed E-state index contributed by atoms with van der Waals surface area (Å²) in [6, 6.07) is 7.84. The maximum absolute atomic E-state index is 12.5. The van der Waals surface area contributed by atoms with Crippen molar-refractivity contribution < 1.29 is 28.9 Å². The Morgan fingerprint density at radius 2 is 1.64 bits per heavy atom. The number of carbonyl (C=O) groups is 2. The third-order valence-electron chi connectivity index (χ3n) is 5.32. The minimum atomic E-state index is -1.27. The predicted molar refractivity (Wildman–Crippen MR) is 127 cm³/mol. The number of nitrogens with one attached hydrogen (secondary N) is 1. The van der Waals surface area contributed by atoms with E-state index < -0.39 is 23.8 Å². The van der Waals surface area contributed by atoms with Crippen LogP contribution in [0.1, 0.15) is 49.1 Å². The number of hydrogen-bond donors (Lipinski definition) is 2. The highest BCUT2D eigenvalue weighted by Gasteiger charge is 2.34. The molecule has 33 heavy (non-hydrogen) atoms. The van der Waals surface area contributed by atoms with E-state index in [2.05, 4.69) is 5.32 Å². The third-order valence-corrected chi connectivity index (χ3v) is 5.32. The van der Waals surface area contributed by atoms with Gasteiger partial charge in [0.15, 0.2) is 6.10 Å². The summed E-state index contributed by atoms with van der Waals surface area (Å²) in [6.07, 6.45) is 1.57. The Hall–Kier alpha value is -3.32. The number of carboxylic acid groups (broad SMARTS) is 1. The van der Waals surface area contributed by atoms with Crippen LogP contribution >= 0.6 is 0 Å². The monoisotopic (exact) mass is 453 g/mol. The first-order valence-electron chi connectivity index (χ1n) is 10.9. The van der Waals surface area contributed by atoms with Gasteiger partial charge in [0.2, 0.25) is 0 Å². The summed E-state index contributed by atoms with van der Waals surface area (Å²) in [6.45, 7) is 11.4. The first-order valence-corrected chi connectivity index (χ1v) is 10.9. The molecule has 0 saturated heterocycles. The molecule has 2 aromatic rings. The van der Waals surface area contributed by atoms with Crippen LogP contribution in [0.5, 0.6) is 5.75 Å². The number of carboxylic acids is 1. The van der Waals surface area contributed by atoms with Crippen molar-refractivity contribution in [2.75, 3.05) is 18.5 Å². The van der Waals surface area contributed by atoms with E-state index in [4.69, 9.17) is 14.2 Å². The molecule has 1 aliphatic rings. The minimum Gasteiger partial charge on any atom is -0.487 e. The fourth-order valence-electron chi connectivity index (χ4n) is 3.86. The molecule has 1 amide bonds. The van der Waals surface area contributed by atoms with Gasteiger partial charge in [-0.2, -0.15) is 0 Å². The van der Waals surface area contributed by atoms with Gasteiger partial charge < -0.3 is 19.3 Å². The van der Waals surface area contributed by atoms with Crippen molar-refractivity contribution in [1.82, 2.24) is 0 Å². The van der Waals surface area contributed by atoms with Gasteiger partial charge in [-0.1, -0.05) is 29.8 Å². The van der Waals surface area contributed by atoms with Gasteiger partial charge in [-0.05, 0) is 70.4 Å². The average molecular weight is 454 g/mol. The van der Waals surface area contributed by atoms with Crippen LogP contribution in [0.15, 0.2) is 36.4 Å². The average Bonchev–Trinajstić information content (AvgIpc) is 2.73. The van der Waals surface area contributed by atoms with Crippen LogP contribution in [0.3, 0.4) is 0 Å². The number of anilines is 1. The topological polar surface area (TPSA) is 94.1 Å². The zero-order valence-corrected chi connectivity index (χ0v) is 19.9. The number of carbonyl (C=O) groups excluding carboxylic acids is 1. The Morgan fingerprint density at radius 3 is 2.21 bits per heavy atom. The largest absolute Gasteiger partial charge is 0.487 e. The van der Waals surface area contributed by atoms with Crippen LogP contribution in [-0.4, -0.2) is 36.0 Å². The lowest BCUT2D eigenvalue weighted by molar-refractivity contribution is -0.160. The maximum Gasteiger partial charge on any atom is 0.412 e. The third kappa shape index (κ3) is 5.54. The molecule has 0 saturated carbocycles. The standard InChI is InChI=1S/C26H31NO6/c1-15-9-11-18(12-10-15)19-17(3)22-21(27-25(30)32-14-8-7-13-31-22)16(2)20(19)23(24(28)29)33-26(4,5)6/h7-12,23H,13-14H2,1-6H3,(H,27,30)(H,28,29)/b8-7-/t23-/m0/s1. The molecule has 0 unspecified atom stereocenters. The molecule has 1 heterocycles. The number of aliphatic carboxylic acids is 1. The highest BCUT2D eigenvalue weighted by molar-refractivity contribution is 5.94. The SMILES string of the molecule is Cc1ccc(-c2c(C)c3c(c(C)c2[C@H](OC(C)(C)C)C(=O)O)NC(=O)OC/C=C\CO3)cc1. The van der Waals surface area contributed by atoms with E-state index in [0.29, 0.717) is 33.7 Å². The molecule has 0 aliphatic carbocycles. The zero-order valence-electron chi connectivity index (χ0n) is 19.9. The first kappa shape index (κ1) is 24.3. The van der Waals surface area contributed by atoms with Crippen molar-refractivity contribution in [3.05, 3.63) is 58.7 Å². The molecular formula is C26H31NO6. The van der Waals surface area contributed by atoms with Gasteiger partial charge in [-0.15, -0.1) is 0 Å². The van der Waals surface area contributed by atoms with Gasteiger partial charge in [-0.3, -0.25) is 5.32 Å². The molecule has 7 heteroatoms. The Bertz CT molecular complexity index is 1080. The molecule has 0 fully saturated rings. The van der Waals surface area contributed by atoms with Gasteiger partial charge >= 0.3 is 12.1 Å². The van der Waals surface area contributed by atoms with E-state index in [0.717, 1.165) is 11.1 Å². The molecule has 0 radical (unpaired) electrons. The zero-order chi connectivity index (χ0) is 24.3. The van der Waals surface area contributed by atoms with Crippen molar-refractivity contribution in [1.29, 1.82) is 0 Å². The summed E-state index contributed by atoms with van der Waals surface area (Å²) in [7, 11) is 0. The Balaban J connectivity index is 2.37. The molecule has 1 atom stereocenters. The summed E-state index contributed by atoms with van der Waals surface area (Å²) in [5.41, 5.74) is 4.00. The normalized spacial score (nSPS) is 16.0. The van der Waals surface area contributed by atoms with Crippen molar-refractivity contribution in [3.63, 3.8) is 0 Å². The molecule has 0 bridgehead atoms. The fourth-order valence-corrected chi connectivity index (χ4v) is 3.86. The van der Waals surface area contributed by atoms with Crippen LogP contribution in [0, 0.1) is 20.8 Å². The molecule has 0 aromatic heterocycles. The van der Waals surface area contributed by atoms with E-state index >= 15 is 0 Å². The van der Waals surface area contributed by atoms with Gasteiger partial charge in [0, 0.05) is 11.1 Å². The number of aryl methyl sites for hydroxylation is 1.